The van der Waals surface area contributed by atoms with Crippen LogP contribution in [0.2, 0.25) is 0 Å². The zero-order valence-corrected chi connectivity index (χ0v) is 14.5. The Morgan fingerprint density at radius 3 is 2.38 bits per heavy atom. The van der Waals surface area contributed by atoms with Gasteiger partial charge in [0.25, 0.3) is 0 Å². The molecule has 2 aliphatic heterocycles. The molecule has 8 heteroatoms. The number of rotatable bonds is 2. The highest BCUT2D eigenvalue weighted by molar-refractivity contribution is 5.85. The van der Waals surface area contributed by atoms with Gasteiger partial charge in [-0.2, -0.15) is 13.2 Å². The van der Waals surface area contributed by atoms with Crippen molar-refractivity contribution < 1.29 is 22.8 Å². The summed E-state index contributed by atoms with van der Waals surface area (Å²) in [5.41, 5.74) is 5.67. The largest absolute Gasteiger partial charge is 0.416 e. The van der Waals surface area contributed by atoms with Gasteiger partial charge in [0.1, 0.15) is 0 Å². The highest BCUT2D eigenvalue weighted by atomic mass is 19.4. The van der Waals surface area contributed by atoms with E-state index in [0.29, 0.717) is 25.1 Å². The van der Waals surface area contributed by atoms with Crippen molar-refractivity contribution in [3.8, 4) is 0 Å². The lowest BCUT2D eigenvalue weighted by Crippen LogP contribution is -2.47. The molecule has 0 aliphatic carbocycles. The second-order valence-corrected chi connectivity index (χ2v) is 7.05. The molecule has 3 atom stereocenters. The van der Waals surface area contributed by atoms with Crippen LogP contribution in [0.25, 0.3) is 0 Å². The zero-order chi connectivity index (χ0) is 19.1. The Bertz CT molecular complexity index is 690. The molecule has 0 unspecified atom stereocenters. The second-order valence-electron chi connectivity index (χ2n) is 7.05. The van der Waals surface area contributed by atoms with E-state index < -0.39 is 23.7 Å². The molecule has 0 radical (unpaired) electrons. The number of nitrogens with two attached hydrogens (primary N) is 1. The van der Waals surface area contributed by atoms with Crippen LogP contribution in [0, 0.1) is 5.92 Å². The average molecular weight is 369 g/mol. The fourth-order valence-corrected chi connectivity index (χ4v) is 3.84. The maximum atomic E-state index is 13.0. The first kappa shape index (κ1) is 18.7. The van der Waals surface area contributed by atoms with Crippen molar-refractivity contribution in [1.29, 1.82) is 0 Å². The third-order valence-corrected chi connectivity index (χ3v) is 5.29. The zero-order valence-electron chi connectivity index (χ0n) is 14.5. The molecule has 26 heavy (non-hydrogen) atoms. The van der Waals surface area contributed by atoms with Gasteiger partial charge in [-0.15, -0.1) is 0 Å². The van der Waals surface area contributed by atoms with E-state index in [4.69, 9.17) is 5.73 Å². The molecule has 2 saturated heterocycles. The number of likely N-dealkylation sites (tertiary alicyclic amines) is 2. The minimum atomic E-state index is -4.42. The Morgan fingerprint density at radius 1 is 1.19 bits per heavy atom. The Kier molecular flexibility index (Phi) is 4.96. The number of benzene rings is 1. The van der Waals surface area contributed by atoms with E-state index >= 15 is 0 Å². The summed E-state index contributed by atoms with van der Waals surface area (Å²) in [7, 11) is 1.60. The van der Waals surface area contributed by atoms with Crippen molar-refractivity contribution in [1.82, 2.24) is 9.80 Å². The van der Waals surface area contributed by atoms with Crippen LogP contribution in [0.15, 0.2) is 24.3 Å². The van der Waals surface area contributed by atoms with Crippen molar-refractivity contribution in [3.63, 3.8) is 0 Å². The van der Waals surface area contributed by atoms with Crippen LogP contribution in [0.4, 0.5) is 13.2 Å². The average Bonchev–Trinajstić information content (AvgIpc) is 3.02. The molecule has 2 fully saturated rings. The van der Waals surface area contributed by atoms with Gasteiger partial charge in [-0.1, -0.05) is 12.1 Å². The quantitative estimate of drug-likeness (QED) is 0.869. The third-order valence-electron chi connectivity index (χ3n) is 5.29. The van der Waals surface area contributed by atoms with Crippen LogP contribution < -0.4 is 5.73 Å². The van der Waals surface area contributed by atoms with E-state index in [0.717, 1.165) is 18.6 Å². The Balaban J connectivity index is 1.88. The van der Waals surface area contributed by atoms with Crippen molar-refractivity contribution in [2.75, 3.05) is 20.1 Å². The van der Waals surface area contributed by atoms with E-state index in [-0.39, 0.29) is 24.3 Å². The Morgan fingerprint density at radius 2 is 1.85 bits per heavy atom. The normalized spacial score (nSPS) is 27.1. The topological polar surface area (TPSA) is 66.6 Å². The lowest BCUT2D eigenvalue weighted by atomic mass is 9.83. The number of nitrogens with zero attached hydrogens (tertiary/aromatic N) is 2. The highest BCUT2D eigenvalue weighted by Crippen LogP contribution is 2.38. The van der Waals surface area contributed by atoms with E-state index in [1.54, 1.807) is 11.9 Å². The maximum absolute atomic E-state index is 13.0. The highest BCUT2D eigenvalue weighted by Gasteiger charge is 2.42. The fourth-order valence-electron chi connectivity index (χ4n) is 3.84. The first-order chi connectivity index (χ1) is 12.2. The summed E-state index contributed by atoms with van der Waals surface area (Å²) in [4.78, 5) is 28.3. The molecule has 1 aromatic rings. The molecule has 2 N–H and O–H groups in total. The van der Waals surface area contributed by atoms with E-state index in [9.17, 15) is 22.8 Å². The van der Waals surface area contributed by atoms with Gasteiger partial charge in [0.2, 0.25) is 11.8 Å². The molecule has 0 spiro atoms. The number of hydrogen-bond donors (Lipinski definition) is 1. The van der Waals surface area contributed by atoms with Gasteiger partial charge in [-0.05, 0) is 30.5 Å². The molecular weight excluding hydrogens is 347 g/mol. The Hall–Kier alpha value is -2.09. The van der Waals surface area contributed by atoms with Gasteiger partial charge in [-0.3, -0.25) is 9.59 Å². The summed E-state index contributed by atoms with van der Waals surface area (Å²) in [5, 5.41) is 0. The summed E-state index contributed by atoms with van der Waals surface area (Å²) < 4.78 is 38.4. The number of amides is 2. The number of piperidine rings is 1. The monoisotopic (exact) mass is 369 g/mol. The summed E-state index contributed by atoms with van der Waals surface area (Å²) in [6.45, 7) is 1.06. The molecule has 2 amide bonds. The van der Waals surface area contributed by atoms with Crippen molar-refractivity contribution >= 4 is 11.8 Å². The minimum Gasteiger partial charge on any atom is -0.341 e. The standard InChI is InChI=1S/C18H22F3N3O2/c1-23-15(25)7-6-14(17(26)24-9-8-13(22)10-24)16(23)11-2-4-12(5-3-11)18(19,20)21/h2-5,13-14,16H,6-10,22H2,1H3/t13-,14+,16+/m0/s1. The second kappa shape index (κ2) is 6.90. The molecule has 142 valence electrons. The molecule has 0 bridgehead atoms. The van der Waals surface area contributed by atoms with Crippen LogP contribution >= 0.6 is 0 Å². The molecule has 2 aliphatic rings. The summed E-state index contributed by atoms with van der Waals surface area (Å²) in [6.07, 6.45) is -3.05. The predicted octanol–water partition coefficient (Wildman–Crippen LogP) is 2.17. The van der Waals surface area contributed by atoms with E-state index in [1.807, 2.05) is 0 Å². The van der Waals surface area contributed by atoms with Crippen molar-refractivity contribution in [2.45, 2.75) is 37.5 Å². The van der Waals surface area contributed by atoms with Gasteiger partial charge in [0.05, 0.1) is 17.5 Å². The third kappa shape index (κ3) is 3.56. The molecule has 3 rings (SSSR count). The fraction of sp³-hybridized carbons (Fsp3) is 0.556. The van der Waals surface area contributed by atoms with Gasteiger partial charge < -0.3 is 15.5 Å². The smallest absolute Gasteiger partial charge is 0.341 e. The predicted molar refractivity (Wildman–Crippen MR) is 88.9 cm³/mol. The number of hydrogen-bond acceptors (Lipinski definition) is 3. The lowest BCUT2D eigenvalue weighted by Gasteiger charge is -2.40. The molecule has 1 aromatic carbocycles. The number of alkyl halides is 3. The number of halogens is 3. The summed E-state index contributed by atoms with van der Waals surface area (Å²) >= 11 is 0. The molecule has 2 heterocycles. The summed E-state index contributed by atoms with van der Waals surface area (Å²) in [5.74, 6) is -0.668. The molecule has 5 nitrogen and oxygen atoms in total. The number of carbonyl (C=O) groups excluding carboxylic acids is 2. The Labute approximate surface area is 149 Å². The summed E-state index contributed by atoms with van der Waals surface area (Å²) in [6, 6.07) is 4.09. The van der Waals surface area contributed by atoms with Gasteiger partial charge in [0.15, 0.2) is 0 Å². The van der Waals surface area contributed by atoms with Crippen LogP contribution in [0.1, 0.15) is 36.4 Å². The van der Waals surface area contributed by atoms with E-state index in [2.05, 4.69) is 0 Å². The molecule has 0 aromatic heterocycles. The molecule has 0 saturated carbocycles. The number of carbonyl (C=O) groups is 2. The first-order valence-corrected chi connectivity index (χ1v) is 8.65. The van der Waals surface area contributed by atoms with Crippen LogP contribution in [0.5, 0.6) is 0 Å². The maximum Gasteiger partial charge on any atom is 0.416 e. The van der Waals surface area contributed by atoms with Crippen molar-refractivity contribution in [2.24, 2.45) is 11.7 Å². The van der Waals surface area contributed by atoms with Crippen LogP contribution in [-0.2, 0) is 15.8 Å². The van der Waals surface area contributed by atoms with Crippen LogP contribution in [-0.4, -0.2) is 47.8 Å². The van der Waals surface area contributed by atoms with E-state index in [1.165, 1.54) is 17.0 Å². The van der Waals surface area contributed by atoms with Crippen LogP contribution in [0.3, 0.4) is 0 Å². The SMILES string of the molecule is CN1C(=O)CC[C@@H](C(=O)N2CC[C@H](N)C2)[C@H]1c1ccc(C(F)(F)F)cc1. The lowest BCUT2D eigenvalue weighted by molar-refractivity contribution is -0.146. The van der Waals surface area contributed by atoms with Crippen molar-refractivity contribution in [3.05, 3.63) is 35.4 Å². The molecular formula is C18H22F3N3O2. The van der Waals surface area contributed by atoms with Gasteiger partial charge >= 0.3 is 6.18 Å². The minimum absolute atomic E-state index is 0.0496. The van der Waals surface area contributed by atoms with Gasteiger partial charge in [0, 0.05) is 32.6 Å². The first-order valence-electron chi connectivity index (χ1n) is 8.65. The van der Waals surface area contributed by atoms with Gasteiger partial charge in [-0.25, -0.2) is 0 Å².